The Morgan fingerprint density at radius 1 is 1.29 bits per heavy atom. The Hall–Kier alpha value is -1.02. The molecule has 1 aromatic carbocycles. The van der Waals surface area contributed by atoms with Gasteiger partial charge in [-0.25, -0.2) is 0 Å². The van der Waals surface area contributed by atoms with Gasteiger partial charge in [0.1, 0.15) is 5.75 Å². The van der Waals surface area contributed by atoms with Crippen LogP contribution in [0.5, 0.6) is 5.75 Å². The molecule has 1 N–H and O–H groups in total. The third kappa shape index (κ3) is 5.03. The lowest BCUT2D eigenvalue weighted by Gasteiger charge is -2.32. The SMILES string of the molecule is CCCNC(CC1CCOc2ccccc21)CC(C)(C)C. The van der Waals surface area contributed by atoms with E-state index < -0.39 is 0 Å². The molecule has 1 aliphatic rings. The molecule has 0 aliphatic carbocycles. The highest BCUT2D eigenvalue weighted by Gasteiger charge is 2.26. The van der Waals surface area contributed by atoms with E-state index in [4.69, 9.17) is 4.74 Å². The zero-order chi connectivity index (χ0) is 15.3. The summed E-state index contributed by atoms with van der Waals surface area (Å²) in [5.74, 6) is 1.73. The van der Waals surface area contributed by atoms with Crippen LogP contribution in [0.15, 0.2) is 24.3 Å². The van der Waals surface area contributed by atoms with E-state index >= 15 is 0 Å². The molecular formula is C19H31NO. The lowest BCUT2D eigenvalue weighted by atomic mass is 9.81. The second kappa shape index (κ2) is 7.31. The summed E-state index contributed by atoms with van der Waals surface area (Å²) in [6.45, 7) is 11.2. The summed E-state index contributed by atoms with van der Waals surface area (Å²) in [6, 6.07) is 9.16. The summed E-state index contributed by atoms with van der Waals surface area (Å²) in [7, 11) is 0. The largest absolute Gasteiger partial charge is 0.493 e. The Kier molecular flexibility index (Phi) is 5.69. The minimum absolute atomic E-state index is 0.371. The van der Waals surface area contributed by atoms with E-state index in [0.29, 0.717) is 17.4 Å². The third-order valence-corrected chi connectivity index (χ3v) is 4.19. The number of hydrogen-bond acceptors (Lipinski definition) is 2. The molecule has 1 heterocycles. The topological polar surface area (TPSA) is 21.3 Å². The maximum atomic E-state index is 5.80. The Labute approximate surface area is 130 Å². The molecular weight excluding hydrogens is 258 g/mol. The van der Waals surface area contributed by atoms with E-state index in [1.54, 1.807) is 0 Å². The molecule has 0 saturated heterocycles. The van der Waals surface area contributed by atoms with Gasteiger partial charge in [-0.05, 0) is 55.2 Å². The average Bonchev–Trinajstić information content (AvgIpc) is 2.43. The molecule has 118 valence electrons. The Balaban J connectivity index is 2.06. The summed E-state index contributed by atoms with van der Waals surface area (Å²) < 4.78 is 5.80. The van der Waals surface area contributed by atoms with Gasteiger partial charge in [0, 0.05) is 6.04 Å². The van der Waals surface area contributed by atoms with Gasteiger partial charge in [0.25, 0.3) is 0 Å². The van der Waals surface area contributed by atoms with Gasteiger partial charge in [-0.3, -0.25) is 0 Å². The lowest BCUT2D eigenvalue weighted by molar-refractivity contribution is 0.237. The summed E-state index contributed by atoms with van der Waals surface area (Å²) >= 11 is 0. The van der Waals surface area contributed by atoms with Crippen LogP contribution in [0.1, 0.15) is 64.9 Å². The van der Waals surface area contributed by atoms with Crippen LogP contribution in [0, 0.1) is 5.41 Å². The quantitative estimate of drug-likeness (QED) is 0.816. The molecule has 0 spiro atoms. The molecule has 0 fully saturated rings. The summed E-state index contributed by atoms with van der Waals surface area (Å²) in [4.78, 5) is 0. The van der Waals surface area contributed by atoms with E-state index in [0.717, 1.165) is 25.3 Å². The van der Waals surface area contributed by atoms with E-state index in [-0.39, 0.29) is 0 Å². The second-order valence-corrected chi connectivity index (χ2v) is 7.52. The van der Waals surface area contributed by atoms with Crippen molar-refractivity contribution in [2.75, 3.05) is 13.2 Å². The highest BCUT2D eigenvalue weighted by molar-refractivity contribution is 5.37. The van der Waals surface area contributed by atoms with E-state index in [2.05, 4.69) is 57.3 Å². The van der Waals surface area contributed by atoms with Gasteiger partial charge in [-0.2, -0.15) is 0 Å². The first-order valence-corrected chi connectivity index (χ1v) is 8.44. The minimum atomic E-state index is 0.371. The molecule has 2 atom stereocenters. The minimum Gasteiger partial charge on any atom is -0.493 e. The van der Waals surface area contributed by atoms with Crippen molar-refractivity contribution in [3.8, 4) is 5.75 Å². The Morgan fingerprint density at radius 2 is 2.05 bits per heavy atom. The van der Waals surface area contributed by atoms with Crippen molar-refractivity contribution in [2.45, 2.75) is 65.3 Å². The van der Waals surface area contributed by atoms with Gasteiger partial charge < -0.3 is 10.1 Å². The van der Waals surface area contributed by atoms with Crippen molar-refractivity contribution in [1.82, 2.24) is 5.32 Å². The maximum Gasteiger partial charge on any atom is 0.122 e. The van der Waals surface area contributed by atoms with E-state index in [9.17, 15) is 0 Å². The average molecular weight is 289 g/mol. The van der Waals surface area contributed by atoms with Crippen LogP contribution < -0.4 is 10.1 Å². The smallest absolute Gasteiger partial charge is 0.122 e. The molecule has 0 amide bonds. The van der Waals surface area contributed by atoms with Crippen LogP contribution in [-0.4, -0.2) is 19.2 Å². The number of hydrogen-bond donors (Lipinski definition) is 1. The van der Waals surface area contributed by atoms with Crippen molar-refractivity contribution in [3.63, 3.8) is 0 Å². The van der Waals surface area contributed by atoms with Gasteiger partial charge in [-0.1, -0.05) is 45.9 Å². The molecule has 0 radical (unpaired) electrons. The molecule has 0 saturated carbocycles. The van der Waals surface area contributed by atoms with Gasteiger partial charge in [0.15, 0.2) is 0 Å². The molecule has 2 heteroatoms. The third-order valence-electron chi connectivity index (χ3n) is 4.19. The van der Waals surface area contributed by atoms with Gasteiger partial charge in [0.05, 0.1) is 6.61 Å². The van der Waals surface area contributed by atoms with Crippen LogP contribution in [0.3, 0.4) is 0 Å². The normalized spacial score (nSPS) is 19.7. The molecule has 21 heavy (non-hydrogen) atoms. The van der Waals surface area contributed by atoms with Crippen molar-refractivity contribution in [2.24, 2.45) is 5.41 Å². The molecule has 2 unspecified atom stereocenters. The van der Waals surface area contributed by atoms with Gasteiger partial charge in [-0.15, -0.1) is 0 Å². The summed E-state index contributed by atoms with van der Waals surface area (Å²) in [6.07, 6.45) is 4.79. The number of fused-ring (bicyclic) bond motifs is 1. The standard InChI is InChI=1S/C19H31NO/c1-5-11-20-16(14-19(2,3)4)13-15-10-12-21-18-9-7-6-8-17(15)18/h6-9,15-16,20H,5,10-14H2,1-4H3. The fourth-order valence-electron chi connectivity index (χ4n) is 3.33. The van der Waals surface area contributed by atoms with Crippen LogP contribution in [0.4, 0.5) is 0 Å². The van der Waals surface area contributed by atoms with Crippen LogP contribution in [0.2, 0.25) is 0 Å². The summed E-state index contributed by atoms with van der Waals surface area (Å²) in [5.41, 5.74) is 1.77. The van der Waals surface area contributed by atoms with E-state index in [1.807, 2.05) is 0 Å². The highest BCUT2D eigenvalue weighted by atomic mass is 16.5. The van der Waals surface area contributed by atoms with Crippen molar-refractivity contribution < 1.29 is 4.74 Å². The van der Waals surface area contributed by atoms with E-state index in [1.165, 1.54) is 24.8 Å². The number of rotatable bonds is 6. The Morgan fingerprint density at radius 3 is 2.76 bits per heavy atom. The second-order valence-electron chi connectivity index (χ2n) is 7.52. The van der Waals surface area contributed by atoms with Gasteiger partial charge >= 0.3 is 0 Å². The summed E-state index contributed by atoms with van der Waals surface area (Å²) in [5, 5.41) is 3.76. The predicted octanol–water partition coefficient (Wildman–Crippen LogP) is 4.75. The molecule has 2 rings (SSSR count). The maximum absolute atomic E-state index is 5.80. The number of benzene rings is 1. The van der Waals surface area contributed by atoms with Crippen molar-refractivity contribution in [1.29, 1.82) is 0 Å². The predicted molar refractivity (Wildman–Crippen MR) is 90.1 cm³/mol. The Bertz CT molecular complexity index is 435. The number of para-hydroxylation sites is 1. The fraction of sp³-hybridized carbons (Fsp3) is 0.684. The number of ether oxygens (including phenoxy) is 1. The zero-order valence-corrected chi connectivity index (χ0v) is 14.1. The lowest BCUT2D eigenvalue weighted by Crippen LogP contribution is -2.35. The first-order chi connectivity index (χ1) is 9.99. The molecule has 0 bridgehead atoms. The molecule has 1 aromatic rings. The van der Waals surface area contributed by atoms with Crippen LogP contribution >= 0.6 is 0 Å². The highest BCUT2D eigenvalue weighted by Crippen LogP contribution is 2.37. The fourth-order valence-corrected chi connectivity index (χ4v) is 3.33. The first kappa shape index (κ1) is 16.4. The monoisotopic (exact) mass is 289 g/mol. The van der Waals surface area contributed by atoms with Crippen molar-refractivity contribution in [3.05, 3.63) is 29.8 Å². The van der Waals surface area contributed by atoms with Crippen LogP contribution in [-0.2, 0) is 0 Å². The molecule has 1 aliphatic heterocycles. The molecule has 0 aromatic heterocycles. The van der Waals surface area contributed by atoms with Gasteiger partial charge in [0.2, 0.25) is 0 Å². The molecule has 2 nitrogen and oxygen atoms in total. The first-order valence-electron chi connectivity index (χ1n) is 8.44. The number of nitrogens with one attached hydrogen (secondary N) is 1. The zero-order valence-electron chi connectivity index (χ0n) is 14.1. The van der Waals surface area contributed by atoms with Crippen molar-refractivity contribution >= 4 is 0 Å². The van der Waals surface area contributed by atoms with Crippen LogP contribution in [0.25, 0.3) is 0 Å².